The summed E-state index contributed by atoms with van der Waals surface area (Å²) in [5, 5.41) is 0. The number of halogens is 3. The number of benzene rings is 2. The topological polar surface area (TPSA) is 18.5 Å². The third kappa shape index (κ3) is 3.15. The van der Waals surface area contributed by atoms with E-state index < -0.39 is 0 Å². The molecule has 0 heterocycles. The first-order chi connectivity index (χ1) is 9.56. The van der Waals surface area contributed by atoms with E-state index in [2.05, 4.69) is 31.9 Å². The van der Waals surface area contributed by atoms with Gasteiger partial charge in [0.05, 0.1) is 19.0 Å². The molecular formula is C15H13Br2FO2. The summed E-state index contributed by atoms with van der Waals surface area (Å²) in [5.41, 5.74) is 1.87. The van der Waals surface area contributed by atoms with Gasteiger partial charge in [-0.05, 0) is 23.8 Å². The van der Waals surface area contributed by atoms with Gasteiger partial charge in [0.1, 0.15) is 17.3 Å². The van der Waals surface area contributed by atoms with E-state index in [4.69, 9.17) is 9.47 Å². The Bertz CT molecular complexity index is 617. The molecule has 0 aromatic heterocycles. The van der Waals surface area contributed by atoms with E-state index in [0.29, 0.717) is 10.2 Å². The SMILES string of the molecule is COc1ccc(C(Br)c2ccc(F)cc2Br)c(OC)c1. The maximum absolute atomic E-state index is 13.2. The lowest BCUT2D eigenvalue weighted by atomic mass is 10.0. The quantitative estimate of drug-likeness (QED) is 0.662. The highest BCUT2D eigenvalue weighted by atomic mass is 79.9. The van der Waals surface area contributed by atoms with Gasteiger partial charge < -0.3 is 9.47 Å². The van der Waals surface area contributed by atoms with Gasteiger partial charge >= 0.3 is 0 Å². The molecule has 1 atom stereocenters. The summed E-state index contributed by atoms with van der Waals surface area (Å²) in [4.78, 5) is -0.113. The Kier molecular flexibility index (Phi) is 5.05. The van der Waals surface area contributed by atoms with Crippen molar-refractivity contribution >= 4 is 31.9 Å². The normalized spacial score (nSPS) is 12.1. The predicted molar refractivity (Wildman–Crippen MR) is 84.4 cm³/mol. The first-order valence-corrected chi connectivity index (χ1v) is 7.58. The Hall–Kier alpha value is -1.07. The molecule has 0 saturated heterocycles. The molecule has 5 heteroatoms. The molecule has 0 fully saturated rings. The molecule has 106 valence electrons. The van der Waals surface area contributed by atoms with Crippen molar-refractivity contribution < 1.29 is 13.9 Å². The second kappa shape index (κ2) is 6.59. The fourth-order valence-corrected chi connectivity index (χ4v) is 3.57. The van der Waals surface area contributed by atoms with E-state index in [1.807, 2.05) is 18.2 Å². The van der Waals surface area contributed by atoms with Crippen molar-refractivity contribution in [3.63, 3.8) is 0 Å². The highest BCUT2D eigenvalue weighted by Gasteiger charge is 2.18. The molecule has 2 rings (SSSR count). The molecule has 0 N–H and O–H groups in total. The second-order valence-corrected chi connectivity index (χ2v) is 5.91. The minimum atomic E-state index is -0.276. The number of rotatable bonds is 4. The third-order valence-corrected chi connectivity index (χ3v) is 4.62. The fraction of sp³-hybridized carbons (Fsp3) is 0.200. The maximum atomic E-state index is 13.2. The minimum absolute atomic E-state index is 0.113. The van der Waals surface area contributed by atoms with Crippen molar-refractivity contribution in [2.45, 2.75) is 4.83 Å². The molecule has 20 heavy (non-hydrogen) atoms. The van der Waals surface area contributed by atoms with Crippen molar-refractivity contribution in [1.82, 2.24) is 0 Å². The lowest BCUT2D eigenvalue weighted by molar-refractivity contribution is 0.391. The van der Waals surface area contributed by atoms with Crippen LogP contribution in [0.15, 0.2) is 40.9 Å². The van der Waals surface area contributed by atoms with Gasteiger partial charge in [0.25, 0.3) is 0 Å². The molecule has 0 saturated carbocycles. The highest BCUT2D eigenvalue weighted by Crippen LogP contribution is 2.40. The average molecular weight is 404 g/mol. The van der Waals surface area contributed by atoms with Crippen LogP contribution < -0.4 is 9.47 Å². The molecule has 0 radical (unpaired) electrons. The largest absolute Gasteiger partial charge is 0.497 e. The van der Waals surface area contributed by atoms with E-state index in [9.17, 15) is 4.39 Å². The second-order valence-electron chi connectivity index (χ2n) is 4.14. The number of ether oxygens (including phenoxy) is 2. The standard InChI is InChI=1S/C15H13Br2FO2/c1-19-10-4-6-12(14(8-10)20-2)15(17)11-5-3-9(18)7-13(11)16/h3-8,15H,1-2H3. The number of hydrogen-bond donors (Lipinski definition) is 0. The van der Waals surface area contributed by atoms with Crippen molar-refractivity contribution in [1.29, 1.82) is 0 Å². The fourth-order valence-electron chi connectivity index (χ4n) is 1.90. The van der Waals surface area contributed by atoms with Crippen molar-refractivity contribution in [2.24, 2.45) is 0 Å². The zero-order chi connectivity index (χ0) is 14.7. The van der Waals surface area contributed by atoms with Gasteiger partial charge in [-0.2, -0.15) is 0 Å². The molecule has 0 bridgehead atoms. The predicted octanol–water partition coefficient (Wildman–Crippen LogP) is 5.09. The third-order valence-electron chi connectivity index (χ3n) is 2.95. The van der Waals surface area contributed by atoms with Gasteiger partial charge in [-0.3, -0.25) is 0 Å². The van der Waals surface area contributed by atoms with Crippen LogP contribution in [0, 0.1) is 5.82 Å². The Balaban J connectivity index is 2.44. The van der Waals surface area contributed by atoms with E-state index in [1.165, 1.54) is 12.1 Å². The van der Waals surface area contributed by atoms with Crippen LogP contribution in [0.4, 0.5) is 4.39 Å². The van der Waals surface area contributed by atoms with Gasteiger partial charge in [0, 0.05) is 16.1 Å². The number of methoxy groups -OCH3 is 2. The van der Waals surface area contributed by atoms with Gasteiger partial charge in [0.15, 0.2) is 0 Å². The summed E-state index contributed by atoms with van der Waals surface area (Å²) in [5.74, 6) is 1.16. The molecular weight excluding hydrogens is 391 g/mol. The van der Waals surface area contributed by atoms with Gasteiger partial charge in [-0.1, -0.05) is 44.0 Å². The summed E-state index contributed by atoms with van der Waals surface area (Å²) in [7, 11) is 3.22. The van der Waals surface area contributed by atoms with Crippen LogP contribution in [0.2, 0.25) is 0 Å². The molecule has 1 unspecified atom stereocenters. The Labute approximate surface area is 134 Å². The number of hydrogen-bond acceptors (Lipinski definition) is 2. The van der Waals surface area contributed by atoms with Crippen LogP contribution in [-0.4, -0.2) is 14.2 Å². The van der Waals surface area contributed by atoms with Gasteiger partial charge in [0.2, 0.25) is 0 Å². The van der Waals surface area contributed by atoms with Crippen LogP contribution >= 0.6 is 31.9 Å². The van der Waals surface area contributed by atoms with Crippen LogP contribution in [0.25, 0.3) is 0 Å². The van der Waals surface area contributed by atoms with E-state index in [-0.39, 0.29) is 10.6 Å². The molecule has 2 aromatic carbocycles. The van der Waals surface area contributed by atoms with Crippen LogP contribution in [0.1, 0.15) is 16.0 Å². The van der Waals surface area contributed by atoms with Gasteiger partial charge in [-0.25, -0.2) is 4.39 Å². The first-order valence-electron chi connectivity index (χ1n) is 5.87. The van der Waals surface area contributed by atoms with E-state index in [1.54, 1.807) is 20.3 Å². The van der Waals surface area contributed by atoms with Crippen molar-refractivity contribution in [3.8, 4) is 11.5 Å². The van der Waals surface area contributed by atoms with Gasteiger partial charge in [-0.15, -0.1) is 0 Å². The summed E-state index contributed by atoms with van der Waals surface area (Å²) in [6, 6.07) is 10.2. The maximum Gasteiger partial charge on any atom is 0.127 e. The summed E-state index contributed by atoms with van der Waals surface area (Å²) >= 11 is 7.02. The monoisotopic (exact) mass is 402 g/mol. The summed E-state index contributed by atoms with van der Waals surface area (Å²) in [6.45, 7) is 0. The lowest BCUT2D eigenvalue weighted by Gasteiger charge is -2.17. The lowest BCUT2D eigenvalue weighted by Crippen LogP contribution is -1.99. The average Bonchev–Trinajstić information content (AvgIpc) is 2.46. The Morgan fingerprint density at radius 2 is 1.70 bits per heavy atom. The summed E-state index contributed by atoms with van der Waals surface area (Å²) < 4.78 is 24.5. The van der Waals surface area contributed by atoms with Crippen molar-refractivity contribution in [3.05, 3.63) is 57.8 Å². The molecule has 0 amide bonds. The van der Waals surface area contributed by atoms with E-state index >= 15 is 0 Å². The first kappa shape index (κ1) is 15.3. The minimum Gasteiger partial charge on any atom is -0.497 e. The number of alkyl halides is 1. The van der Waals surface area contributed by atoms with Crippen LogP contribution in [0.3, 0.4) is 0 Å². The zero-order valence-electron chi connectivity index (χ0n) is 11.0. The van der Waals surface area contributed by atoms with E-state index in [0.717, 1.165) is 16.9 Å². The molecule has 0 aliphatic rings. The van der Waals surface area contributed by atoms with Crippen LogP contribution in [0.5, 0.6) is 11.5 Å². The smallest absolute Gasteiger partial charge is 0.127 e. The Morgan fingerprint density at radius 1 is 1.00 bits per heavy atom. The molecule has 0 aliphatic carbocycles. The zero-order valence-corrected chi connectivity index (χ0v) is 14.2. The Morgan fingerprint density at radius 3 is 2.30 bits per heavy atom. The highest BCUT2D eigenvalue weighted by molar-refractivity contribution is 9.11. The van der Waals surface area contributed by atoms with Crippen molar-refractivity contribution in [2.75, 3.05) is 14.2 Å². The molecule has 2 aromatic rings. The molecule has 0 spiro atoms. The molecule has 2 nitrogen and oxygen atoms in total. The molecule has 0 aliphatic heterocycles. The van der Waals surface area contributed by atoms with Crippen LogP contribution in [-0.2, 0) is 0 Å². The summed E-state index contributed by atoms with van der Waals surface area (Å²) in [6.07, 6.45) is 0.